The topological polar surface area (TPSA) is 6.02 Å². The van der Waals surface area contributed by atoms with Crippen LogP contribution in [0.4, 0.5) is 22.7 Å². The Morgan fingerprint density at radius 2 is 0.773 bits per heavy atom. The summed E-state index contributed by atoms with van der Waals surface area (Å²) < 4.78 is 4.72. The zero-order valence-corrected chi connectivity index (χ0v) is 26.2. The summed E-state index contributed by atoms with van der Waals surface area (Å²) in [5, 5.41) is 4.82. The van der Waals surface area contributed by atoms with Gasteiger partial charge in [0.1, 0.15) is 0 Å². The van der Waals surface area contributed by atoms with Crippen molar-refractivity contribution in [1.29, 1.82) is 0 Å². The van der Waals surface area contributed by atoms with Crippen LogP contribution in [0.15, 0.2) is 146 Å². The van der Waals surface area contributed by atoms with Gasteiger partial charge >= 0.3 is 6.86 Å². The molecule has 4 heteroatoms. The first kappa shape index (κ1) is 26.8. The van der Waals surface area contributed by atoms with Gasteiger partial charge in [-0.3, -0.25) is 0 Å². The molecule has 2 nitrogen and oxygen atoms in total. The van der Waals surface area contributed by atoms with Crippen molar-refractivity contribution >= 4 is 62.4 Å². The van der Waals surface area contributed by atoms with E-state index in [2.05, 4.69) is 168 Å². The van der Waals surface area contributed by atoms with Crippen molar-refractivity contribution in [2.75, 3.05) is 0 Å². The molecule has 0 unspecified atom stereocenters. The molecule has 1 heterocycles. The number of fused-ring (bicyclic) bond motifs is 3. The molecule has 8 rings (SSSR count). The second kappa shape index (κ2) is 10.8. The lowest BCUT2D eigenvalue weighted by Gasteiger charge is -2.09. The molecule has 0 spiro atoms. The number of aryl methyl sites for hydroxylation is 2. The molecular formula is C40H30ClN2P+2. The van der Waals surface area contributed by atoms with E-state index < -0.39 is 6.86 Å². The van der Waals surface area contributed by atoms with Gasteiger partial charge in [-0.1, -0.05) is 141 Å². The number of para-hydroxylation sites is 2. The summed E-state index contributed by atoms with van der Waals surface area (Å²) in [4.78, 5) is 0. The van der Waals surface area contributed by atoms with Crippen LogP contribution in [0.2, 0.25) is 0 Å². The minimum Gasteiger partial charge on any atom is -0.0790 e. The van der Waals surface area contributed by atoms with Gasteiger partial charge in [0.15, 0.2) is 0 Å². The molecule has 0 radical (unpaired) electrons. The lowest BCUT2D eigenvalue weighted by atomic mass is 9.96. The number of benzene rings is 7. The van der Waals surface area contributed by atoms with Crippen molar-refractivity contribution in [3.8, 4) is 22.3 Å². The number of rotatable bonds is 4. The summed E-state index contributed by atoms with van der Waals surface area (Å²) in [6.45, 7) is 2.91. The van der Waals surface area contributed by atoms with E-state index in [-0.39, 0.29) is 0 Å². The Hall–Kier alpha value is -4.75. The summed E-state index contributed by atoms with van der Waals surface area (Å²) in [6.07, 6.45) is 0. The zero-order valence-electron chi connectivity index (χ0n) is 24.6. The van der Waals surface area contributed by atoms with E-state index >= 15 is 0 Å². The normalized spacial score (nSPS) is 12.8. The van der Waals surface area contributed by atoms with Gasteiger partial charge < -0.3 is 0 Å². The van der Waals surface area contributed by atoms with E-state index in [1.54, 1.807) is 0 Å². The van der Waals surface area contributed by atoms with Crippen molar-refractivity contribution in [2.24, 2.45) is 0 Å². The van der Waals surface area contributed by atoms with Crippen LogP contribution in [0.5, 0.6) is 0 Å². The molecule has 1 aliphatic rings. The van der Waals surface area contributed by atoms with Crippen LogP contribution in [0.3, 0.4) is 0 Å². The van der Waals surface area contributed by atoms with E-state index in [4.69, 9.17) is 11.2 Å². The Balaban J connectivity index is 1.47. The first-order valence-corrected chi connectivity index (χ1v) is 17.1. The van der Waals surface area contributed by atoms with Crippen LogP contribution in [0.1, 0.15) is 11.1 Å². The SMILES string of the molecule is Cc1ccc(-c2cccc3cccc([N+]4=P(Cl)=[N+](c5cccc6cccc(-c7ccc(C)cc7)c56)c5ccccc54)c23)cc1. The highest BCUT2D eigenvalue weighted by Gasteiger charge is 2.41. The van der Waals surface area contributed by atoms with Gasteiger partial charge in [0.05, 0.1) is 22.0 Å². The maximum Gasteiger partial charge on any atom is 0.523 e. The minimum absolute atomic E-state index is 1.12. The van der Waals surface area contributed by atoms with Crippen LogP contribution in [0, 0.1) is 13.8 Å². The largest absolute Gasteiger partial charge is 0.523 e. The lowest BCUT2D eigenvalue weighted by molar-refractivity contribution is 1.13. The Bertz CT molecular complexity index is 2170. The van der Waals surface area contributed by atoms with Crippen molar-refractivity contribution in [3.63, 3.8) is 0 Å². The monoisotopic (exact) mass is 604 g/mol. The summed E-state index contributed by atoms with van der Waals surface area (Å²) in [7, 11) is 0. The highest BCUT2D eigenvalue weighted by atomic mass is 35.7. The fraction of sp³-hybridized carbons (Fsp3) is 0.0500. The standard InChI is InChI=1S/C40H30ClN2P/c1-27-19-23-29(24-20-27)33-13-5-9-31-11-7-17-37(39(31)33)42-35-15-3-4-16-36(35)43(44(42)41)38-18-8-12-32-10-6-14-34(40(32)38)30-25-21-28(2)22-26-30/h3-26H,1-2H3/q+2. The molecule has 0 saturated heterocycles. The van der Waals surface area contributed by atoms with E-state index in [0.717, 1.165) is 22.7 Å². The third-order valence-electron chi connectivity index (χ3n) is 8.62. The maximum absolute atomic E-state index is 7.73. The summed E-state index contributed by atoms with van der Waals surface area (Å²) >= 11 is 7.73. The maximum atomic E-state index is 7.73. The molecule has 0 atom stereocenters. The Morgan fingerprint density at radius 1 is 0.409 bits per heavy atom. The molecule has 7 aromatic rings. The van der Waals surface area contributed by atoms with Gasteiger partial charge in [0, 0.05) is 24.3 Å². The second-order valence-electron chi connectivity index (χ2n) is 11.4. The first-order valence-electron chi connectivity index (χ1n) is 14.9. The van der Waals surface area contributed by atoms with Crippen LogP contribution in [0.25, 0.3) is 43.8 Å². The van der Waals surface area contributed by atoms with Gasteiger partial charge in [-0.25, -0.2) is 0 Å². The van der Waals surface area contributed by atoms with E-state index in [1.807, 2.05) is 0 Å². The smallest absolute Gasteiger partial charge is 0.0790 e. The van der Waals surface area contributed by atoms with Gasteiger partial charge in [-0.15, -0.1) is 0 Å². The van der Waals surface area contributed by atoms with Gasteiger partial charge in [-0.05, 0) is 46.9 Å². The lowest BCUT2D eigenvalue weighted by Crippen LogP contribution is -1.98. The van der Waals surface area contributed by atoms with Crippen LogP contribution in [-0.2, 0) is 0 Å². The van der Waals surface area contributed by atoms with Crippen molar-refractivity contribution < 1.29 is 0 Å². The summed E-state index contributed by atoms with van der Waals surface area (Å²) in [5.41, 5.74) is 11.8. The Morgan fingerprint density at radius 3 is 1.18 bits per heavy atom. The Labute approximate surface area is 263 Å². The van der Waals surface area contributed by atoms with E-state index in [1.165, 1.54) is 54.9 Å². The molecule has 0 fully saturated rings. The van der Waals surface area contributed by atoms with Crippen LogP contribution >= 0.6 is 18.1 Å². The fourth-order valence-corrected chi connectivity index (χ4v) is 9.01. The summed E-state index contributed by atoms with van der Waals surface area (Å²) in [6, 6.07) is 52.5. The third kappa shape index (κ3) is 4.34. The highest BCUT2D eigenvalue weighted by molar-refractivity contribution is 7.68. The molecule has 0 saturated carbocycles. The van der Waals surface area contributed by atoms with Gasteiger partial charge in [0.2, 0.25) is 11.4 Å². The fourth-order valence-electron chi connectivity index (χ4n) is 6.47. The molecule has 0 bridgehead atoms. The quantitative estimate of drug-likeness (QED) is 0.176. The molecule has 0 amide bonds. The molecule has 0 N–H and O–H groups in total. The number of halogens is 1. The zero-order chi connectivity index (χ0) is 29.8. The number of hydrogen-bond acceptors (Lipinski definition) is 0. The molecule has 7 aromatic carbocycles. The van der Waals surface area contributed by atoms with Crippen molar-refractivity contribution in [2.45, 2.75) is 13.8 Å². The van der Waals surface area contributed by atoms with E-state index in [0.29, 0.717) is 0 Å². The van der Waals surface area contributed by atoms with Crippen LogP contribution in [-0.4, -0.2) is 0 Å². The highest BCUT2D eigenvalue weighted by Crippen LogP contribution is 2.52. The second-order valence-corrected chi connectivity index (χ2v) is 13.6. The molecule has 210 valence electrons. The summed E-state index contributed by atoms with van der Waals surface area (Å²) in [5.74, 6) is 0. The molecule has 0 aliphatic carbocycles. The Kier molecular flexibility index (Phi) is 6.56. The average molecular weight is 605 g/mol. The molecular weight excluding hydrogens is 575 g/mol. The molecule has 0 aromatic heterocycles. The molecule has 1 aliphatic heterocycles. The third-order valence-corrected chi connectivity index (χ3v) is 11.0. The van der Waals surface area contributed by atoms with Gasteiger partial charge in [-0.2, -0.15) is 0 Å². The van der Waals surface area contributed by atoms with Crippen molar-refractivity contribution in [1.82, 2.24) is 8.66 Å². The molecule has 44 heavy (non-hydrogen) atoms. The number of hydrogen-bond donors (Lipinski definition) is 0. The first-order chi connectivity index (χ1) is 21.6. The number of nitrogens with zero attached hydrogens (tertiary/aromatic N) is 2. The van der Waals surface area contributed by atoms with Crippen molar-refractivity contribution in [3.05, 3.63) is 157 Å². The average Bonchev–Trinajstić information content (AvgIpc) is 3.35. The van der Waals surface area contributed by atoms with Crippen LogP contribution < -0.4 is 8.66 Å². The predicted octanol–water partition coefficient (Wildman–Crippen LogP) is 12.6. The predicted molar refractivity (Wildman–Crippen MR) is 190 cm³/mol. The van der Waals surface area contributed by atoms with E-state index in [9.17, 15) is 0 Å². The minimum atomic E-state index is -1.35. The van der Waals surface area contributed by atoms with Gasteiger partial charge in [0.25, 0.3) is 11.4 Å².